The van der Waals surface area contributed by atoms with Crippen molar-refractivity contribution >= 4 is 0 Å². The molecule has 1 aliphatic rings. The molecule has 0 saturated heterocycles. The summed E-state index contributed by atoms with van der Waals surface area (Å²) >= 11 is 0. The normalized spacial score (nSPS) is 20.8. The molecule has 0 spiro atoms. The lowest BCUT2D eigenvalue weighted by atomic mass is 9.85. The first-order chi connectivity index (χ1) is 6.38. The number of hydrogen-bond acceptors (Lipinski definition) is 0. The molecule has 0 N–H and O–H groups in total. The van der Waals surface area contributed by atoms with E-state index in [4.69, 9.17) is 0 Å². The van der Waals surface area contributed by atoms with E-state index in [0.717, 1.165) is 24.7 Å². The van der Waals surface area contributed by atoms with Gasteiger partial charge in [-0.1, -0.05) is 71.6 Å². The zero-order chi connectivity index (χ0) is 9.52. The van der Waals surface area contributed by atoms with Crippen LogP contribution >= 0.6 is 0 Å². The molecule has 0 aromatic rings. The second-order valence-corrected chi connectivity index (χ2v) is 4.44. The zero-order valence-electron chi connectivity index (χ0n) is 8.93. The lowest BCUT2D eigenvalue weighted by Crippen LogP contribution is -2.10. The summed E-state index contributed by atoms with van der Waals surface area (Å²) < 4.78 is 0. The average molecular weight is 180 g/mol. The van der Waals surface area contributed by atoms with Crippen LogP contribution in [0, 0.1) is 25.7 Å². The predicted octanol–water partition coefficient (Wildman–Crippen LogP) is 4.41. The van der Waals surface area contributed by atoms with Crippen molar-refractivity contribution in [1.82, 2.24) is 0 Å². The molecule has 76 valence electrons. The Morgan fingerprint density at radius 3 is 2.31 bits per heavy atom. The monoisotopic (exact) mass is 180 g/mol. The topological polar surface area (TPSA) is 0 Å². The first-order valence-corrected chi connectivity index (χ1v) is 5.97. The second kappa shape index (κ2) is 6.45. The highest BCUT2D eigenvalue weighted by Gasteiger charge is 2.22. The molecular formula is C13H24. The summed E-state index contributed by atoms with van der Waals surface area (Å²) in [7, 11) is 0. The van der Waals surface area contributed by atoms with E-state index < -0.39 is 0 Å². The van der Waals surface area contributed by atoms with Gasteiger partial charge in [0.1, 0.15) is 0 Å². The van der Waals surface area contributed by atoms with E-state index >= 15 is 0 Å². The van der Waals surface area contributed by atoms with E-state index in [9.17, 15) is 0 Å². The van der Waals surface area contributed by atoms with Gasteiger partial charge in [-0.2, -0.15) is 0 Å². The fraction of sp³-hybridized carbons (Fsp3) is 0.846. The van der Waals surface area contributed by atoms with Gasteiger partial charge in [0, 0.05) is 0 Å². The molecule has 0 heterocycles. The lowest BCUT2D eigenvalue weighted by molar-refractivity contribution is 0.311. The number of hydrogen-bond donors (Lipinski definition) is 0. The van der Waals surface area contributed by atoms with E-state index in [1.54, 1.807) is 0 Å². The molecule has 0 bridgehead atoms. The molecule has 0 heteroatoms. The third kappa shape index (κ3) is 3.70. The minimum atomic E-state index is 0.925. The van der Waals surface area contributed by atoms with Crippen LogP contribution in [0.1, 0.15) is 57.8 Å². The second-order valence-electron chi connectivity index (χ2n) is 4.44. The van der Waals surface area contributed by atoms with Gasteiger partial charge in [-0.25, -0.2) is 0 Å². The summed E-state index contributed by atoms with van der Waals surface area (Å²) in [4.78, 5) is 0. The van der Waals surface area contributed by atoms with Crippen molar-refractivity contribution in [3.05, 3.63) is 13.8 Å². The van der Waals surface area contributed by atoms with Gasteiger partial charge in [-0.15, -0.1) is 0 Å². The number of rotatable bonds is 6. The lowest BCUT2D eigenvalue weighted by Gasteiger charge is -2.21. The molecule has 0 aromatic heterocycles. The largest absolute Gasteiger partial charge is 0.0533 e. The molecule has 13 heavy (non-hydrogen) atoms. The molecule has 0 aliphatic heterocycles. The molecule has 1 rings (SSSR count). The van der Waals surface area contributed by atoms with Gasteiger partial charge in [-0.05, 0) is 11.8 Å². The average Bonchev–Trinajstić information content (AvgIpc) is 2.65. The Morgan fingerprint density at radius 1 is 1.08 bits per heavy atom. The van der Waals surface area contributed by atoms with Gasteiger partial charge in [0.05, 0.1) is 0 Å². The van der Waals surface area contributed by atoms with E-state index in [0.29, 0.717) is 0 Å². The summed E-state index contributed by atoms with van der Waals surface area (Å²) in [6.07, 6.45) is 12.2. The highest BCUT2D eigenvalue weighted by atomic mass is 14.3. The van der Waals surface area contributed by atoms with Crippen LogP contribution in [0.5, 0.6) is 0 Å². The first kappa shape index (κ1) is 11.1. The van der Waals surface area contributed by atoms with Crippen LogP contribution in [-0.2, 0) is 0 Å². The van der Waals surface area contributed by atoms with Crippen LogP contribution in [0.15, 0.2) is 0 Å². The molecule has 0 aromatic carbocycles. The van der Waals surface area contributed by atoms with Crippen molar-refractivity contribution in [2.24, 2.45) is 11.8 Å². The molecule has 1 saturated carbocycles. The van der Waals surface area contributed by atoms with Crippen molar-refractivity contribution in [1.29, 1.82) is 0 Å². The maximum Gasteiger partial charge on any atom is -0.0386 e. The van der Waals surface area contributed by atoms with Crippen LogP contribution in [0.4, 0.5) is 0 Å². The molecule has 1 unspecified atom stereocenters. The molecule has 1 fully saturated rings. The molecule has 2 radical (unpaired) electrons. The summed E-state index contributed by atoms with van der Waals surface area (Å²) in [6, 6.07) is 0. The van der Waals surface area contributed by atoms with Gasteiger partial charge < -0.3 is 0 Å². The summed E-state index contributed by atoms with van der Waals surface area (Å²) in [6.45, 7) is 7.98. The Morgan fingerprint density at radius 2 is 1.77 bits per heavy atom. The third-order valence-electron chi connectivity index (χ3n) is 3.51. The van der Waals surface area contributed by atoms with Gasteiger partial charge in [0.2, 0.25) is 0 Å². The van der Waals surface area contributed by atoms with E-state index in [1.807, 2.05) is 0 Å². The molecular weight excluding hydrogens is 156 g/mol. The van der Waals surface area contributed by atoms with Gasteiger partial charge >= 0.3 is 0 Å². The minimum absolute atomic E-state index is 0.925. The van der Waals surface area contributed by atoms with Gasteiger partial charge in [0.15, 0.2) is 0 Å². The fourth-order valence-electron chi connectivity index (χ4n) is 2.63. The predicted molar refractivity (Wildman–Crippen MR) is 59.2 cm³/mol. The Bertz CT molecular complexity index is 111. The van der Waals surface area contributed by atoms with Crippen molar-refractivity contribution in [2.45, 2.75) is 57.8 Å². The van der Waals surface area contributed by atoms with Crippen LogP contribution in [0.25, 0.3) is 0 Å². The minimum Gasteiger partial charge on any atom is -0.0533 e. The summed E-state index contributed by atoms with van der Waals surface area (Å²) in [5.41, 5.74) is 0. The van der Waals surface area contributed by atoms with Crippen LogP contribution in [0.2, 0.25) is 0 Å². The third-order valence-corrected chi connectivity index (χ3v) is 3.51. The Kier molecular flexibility index (Phi) is 5.50. The molecule has 0 nitrogen and oxygen atoms in total. The summed E-state index contributed by atoms with van der Waals surface area (Å²) in [5.74, 6) is 1.94. The van der Waals surface area contributed by atoms with Crippen LogP contribution in [-0.4, -0.2) is 0 Å². The van der Waals surface area contributed by atoms with E-state index in [-0.39, 0.29) is 0 Å². The standard InChI is InChI=1S/C13H24/c1-3-5-6-9-12(4-2)13-10-7-8-11-13/h12-13H,1-11H2. The molecule has 0 amide bonds. The fourth-order valence-corrected chi connectivity index (χ4v) is 2.63. The van der Waals surface area contributed by atoms with E-state index in [2.05, 4.69) is 13.8 Å². The molecule has 1 atom stereocenters. The van der Waals surface area contributed by atoms with Crippen LogP contribution in [0.3, 0.4) is 0 Å². The SMILES string of the molecule is [CH2]CCCCC(C[CH2])C1CCCC1. The first-order valence-electron chi connectivity index (χ1n) is 5.97. The van der Waals surface area contributed by atoms with Gasteiger partial charge in [0.25, 0.3) is 0 Å². The van der Waals surface area contributed by atoms with Crippen molar-refractivity contribution in [2.75, 3.05) is 0 Å². The zero-order valence-corrected chi connectivity index (χ0v) is 8.93. The number of unbranched alkanes of at least 4 members (excludes halogenated alkanes) is 2. The van der Waals surface area contributed by atoms with Crippen molar-refractivity contribution < 1.29 is 0 Å². The van der Waals surface area contributed by atoms with Crippen LogP contribution < -0.4 is 0 Å². The quantitative estimate of drug-likeness (QED) is 0.531. The highest BCUT2D eigenvalue weighted by Crippen LogP contribution is 2.35. The smallest absolute Gasteiger partial charge is 0.0386 e. The Labute approximate surface area is 84.1 Å². The molecule has 1 aliphatic carbocycles. The summed E-state index contributed by atoms with van der Waals surface area (Å²) in [5, 5.41) is 0. The van der Waals surface area contributed by atoms with Crippen molar-refractivity contribution in [3.63, 3.8) is 0 Å². The van der Waals surface area contributed by atoms with E-state index in [1.165, 1.54) is 44.9 Å². The van der Waals surface area contributed by atoms with Gasteiger partial charge in [-0.3, -0.25) is 0 Å². The Balaban J connectivity index is 2.16. The maximum atomic E-state index is 4.09. The maximum absolute atomic E-state index is 4.09. The Hall–Kier alpha value is 0. The van der Waals surface area contributed by atoms with Crippen molar-refractivity contribution in [3.8, 4) is 0 Å². The highest BCUT2D eigenvalue weighted by molar-refractivity contribution is 4.76.